The van der Waals surface area contributed by atoms with Crippen LogP contribution in [-0.2, 0) is 16.1 Å². The summed E-state index contributed by atoms with van der Waals surface area (Å²) in [6.45, 7) is -0.305. The van der Waals surface area contributed by atoms with E-state index in [1.807, 2.05) is 35.7 Å². The van der Waals surface area contributed by atoms with Crippen molar-refractivity contribution < 1.29 is 18.7 Å². The van der Waals surface area contributed by atoms with Crippen LogP contribution < -0.4 is 21.3 Å². The van der Waals surface area contributed by atoms with Gasteiger partial charge in [-0.05, 0) is 46.8 Å². The summed E-state index contributed by atoms with van der Waals surface area (Å²) in [7, 11) is 0. The van der Waals surface area contributed by atoms with Crippen LogP contribution >= 0.6 is 11.3 Å². The Labute approximate surface area is 203 Å². The van der Waals surface area contributed by atoms with E-state index >= 15 is 0 Å². The lowest BCUT2D eigenvalue weighted by molar-refractivity contribution is -0.130. The van der Waals surface area contributed by atoms with E-state index in [1.54, 1.807) is 30.3 Å². The first kappa shape index (κ1) is 23.5. The summed E-state index contributed by atoms with van der Waals surface area (Å²) in [6.07, 6.45) is -0.0890. The Bertz CT molecular complexity index is 1400. The van der Waals surface area contributed by atoms with Gasteiger partial charge in [-0.25, -0.2) is 4.79 Å². The van der Waals surface area contributed by atoms with Crippen LogP contribution in [0.15, 0.2) is 75.3 Å². The summed E-state index contributed by atoms with van der Waals surface area (Å²) in [5.74, 6) is -1.04. The highest BCUT2D eigenvalue weighted by Gasteiger charge is 2.13. The molecule has 11 heteroatoms. The number of amides is 2. The van der Waals surface area contributed by atoms with Crippen molar-refractivity contribution in [1.29, 1.82) is 5.26 Å². The van der Waals surface area contributed by atoms with E-state index in [9.17, 15) is 14.4 Å². The molecule has 176 valence electrons. The predicted molar refractivity (Wildman–Crippen MR) is 127 cm³/mol. The van der Waals surface area contributed by atoms with Gasteiger partial charge in [0.15, 0.2) is 6.61 Å². The molecular formula is C24H19N5O5S. The standard InChI is InChI=1S/C24H19N5O5S/c25-14-16-3-5-17(6-4-16)18-7-9-19(10-8-18)33-15-22(31)27-26-21(30)11-12-29-24(32)34-23(28-29)20-2-1-13-35-20/h1-10,13H,11-12,15H2,(H,26,30)(H,27,31). The van der Waals surface area contributed by atoms with E-state index in [2.05, 4.69) is 22.0 Å². The number of thiophene rings is 1. The van der Waals surface area contributed by atoms with Gasteiger partial charge >= 0.3 is 5.76 Å². The van der Waals surface area contributed by atoms with Crippen molar-refractivity contribution in [3.05, 3.63) is 82.2 Å². The van der Waals surface area contributed by atoms with E-state index in [0.29, 0.717) is 16.2 Å². The maximum atomic E-state index is 12.0. The van der Waals surface area contributed by atoms with Crippen molar-refractivity contribution in [2.24, 2.45) is 0 Å². The van der Waals surface area contributed by atoms with Gasteiger partial charge in [0.1, 0.15) is 5.75 Å². The number of nitrogens with zero attached hydrogens (tertiary/aromatic N) is 3. The highest BCUT2D eigenvalue weighted by atomic mass is 32.1. The van der Waals surface area contributed by atoms with Crippen LogP contribution in [0.5, 0.6) is 5.75 Å². The Kier molecular flexibility index (Phi) is 7.34. The zero-order chi connectivity index (χ0) is 24.6. The lowest BCUT2D eigenvalue weighted by Gasteiger charge is -2.09. The highest BCUT2D eigenvalue weighted by molar-refractivity contribution is 7.13. The molecular weight excluding hydrogens is 470 g/mol. The van der Waals surface area contributed by atoms with Crippen molar-refractivity contribution >= 4 is 23.2 Å². The summed E-state index contributed by atoms with van der Waals surface area (Å²) in [4.78, 5) is 36.6. The van der Waals surface area contributed by atoms with Gasteiger partial charge < -0.3 is 9.15 Å². The SMILES string of the molecule is N#Cc1ccc(-c2ccc(OCC(=O)NNC(=O)CCn3nc(-c4cccs4)oc3=O)cc2)cc1. The largest absolute Gasteiger partial charge is 0.484 e. The number of carbonyl (C=O) groups is 2. The zero-order valence-corrected chi connectivity index (χ0v) is 19.1. The third-order valence-corrected chi connectivity index (χ3v) is 5.66. The summed E-state index contributed by atoms with van der Waals surface area (Å²) >= 11 is 1.38. The molecule has 0 unspecified atom stereocenters. The summed E-state index contributed by atoms with van der Waals surface area (Å²) < 4.78 is 11.6. The Balaban J connectivity index is 1.19. The number of rotatable bonds is 8. The van der Waals surface area contributed by atoms with Gasteiger partial charge in [0, 0.05) is 6.42 Å². The first-order valence-electron chi connectivity index (χ1n) is 10.4. The molecule has 2 heterocycles. The molecule has 0 atom stereocenters. The van der Waals surface area contributed by atoms with Crippen molar-refractivity contribution in [3.8, 4) is 33.7 Å². The number of carbonyl (C=O) groups excluding carboxylic acids is 2. The van der Waals surface area contributed by atoms with Gasteiger partial charge in [-0.15, -0.1) is 16.4 Å². The van der Waals surface area contributed by atoms with Crippen molar-refractivity contribution in [2.45, 2.75) is 13.0 Å². The minimum Gasteiger partial charge on any atom is -0.484 e. The maximum Gasteiger partial charge on any atom is 0.437 e. The first-order valence-corrected chi connectivity index (χ1v) is 11.3. The normalized spacial score (nSPS) is 10.4. The van der Waals surface area contributed by atoms with Crippen LogP contribution in [0.25, 0.3) is 21.9 Å². The zero-order valence-electron chi connectivity index (χ0n) is 18.3. The van der Waals surface area contributed by atoms with Crippen molar-refractivity contribution in [1.82, 2.24) is 20.6 Å². The fraction of sp³-hybridized carbons (Fsp3) is 0.125. The number of benzene rings is 2. The number of aromatic nitrogens is 2. The number of nitriles is 1. The quantitative estimate of drug-likeness (QED) is 0.363. The molecule has 0 aliphatic rings. The first-order chi connectivity index (χ1) is 17.0. The molecule has 4 aromatic rings. The summed E-state index contributed by atoms with van der Waals surface area (Å²) in [5.41, 5.74) is 7.00. The second-order valence-electron chi connectivity index (χ2n) is 7.22. The second-order valence-corrected chi connectivity index (χ2v) is 8.17. The minimum absolute atomic E-state index is 0.00248. The van der Waals surface area contributed by atoms with Gasteiger partial charge in [0.25, 0.3) is 11.8 Å². The smallest absolute Gasteiger partial charge is 0.437 e. The number of hydrazine groups is 1. The van der Waals surface area contributed by atoms with E-state index < -0.39 is 17.6 Å². The molecule has 0 saturated carbocycles. The molecule has 0 spiro atoms. The molecule has 2 aromatic carbocycles. The molecule has 0 radical (unpaired) electrons. The monoisotopic (exact) mass is 489 g/mol. The van der Waals surface area contributed by atoms with Crippen LogP contribution in [0.4, 0.5) is 0 Å². The Morgan fingerprint density at radius 3 is 2.37 bits per heavy atom. The fourth-order valence-corrected chi connectivity index (χ4v) is 3.67. The number of aryl methyl sites for hydroxylation is 1. The topological polar surface area (TPSA) is 139 Å². The van der Waals surface area contributed by atoms with Gasteiger partial charge in [-0.2, -0.15) is 9.94 Å². The van der Waals surface area contributed by atoms with Crippen molar-refractivity contribution in [2.75, 3.05) is 6.61 Å². The average Bonchev–Trinajstić information content (AvgIpc) is 3.55. The van der Waals surface area contributed by atoms with Crippen LogP contribution in [0.3, 0.4) is 0 Å². The molecule has 0 bridgehead atoms. The van der Waals surface area contributed by atoms with E-state index in [-0.39, 0.29) is 25.5 Å². The third kappa shape index (κ3) is 6.21. The molecule has 4 rings (SSSR count). The Morgan fingerprint density at radius 1 is 1.03 bits per heavy atom. The van der Waals surface area contributed by atoms with Gasteiger partial charge in [0.2, 0.25) is 5.91 Å². The van der Waals surface area contributed by atoms with E-state index in [0.717, 1.165) is 15.8 Å². The summed E-state index contributed by atoms with van der Waals surface area (Å²) in [5, 5.41) is 14.8. The van der Waals surface area contributed by atoms with Crippen LogP contribution in [0.2, 0.25) is 0 Å². The molecule has 2 amide bonds. The van der Waals surface area contributed by atoms with Gasteiger partial charge in [0.05, 0.1) is 23.1 Å². The number of hydrogen-bond acceptors (Lipinski definition) is 8. The predicted octanol–water partition coefficient (Wildman–Crippen LogP) is 2.72. The maximum absolute atomic E-state index is 12.0. The highest BCUT2D eigenvalue weighted by Crippen LogP contribution is 2.23. The van der Waals surface area contributed by atoms with Crippen LogP contribution in [-0.4, -0.2) is 28.2 Å². The van der Waals surface area contributed by atoms with Gasteiger partial charge in [-0.1, -0.05) is 30.3 Å². The van der Waals surface area contributed by atoms with Gasteiger partial charge in [-0.3, -0.25) is 20.4 Å². The lowest BCUT2D eigenvalue weighted by Crippen LogP contribution is -2.44. The van der Waals surface area contributed by atoms with Crippen molar-refractivity contribution in [3.63, 3.8) is 0 Å². The molecule has 35 heavy (non-hydrogen) atoms. The summed E-state index contributed by atoms with van der Waals surface area (Å²) in [6, 6.07) is 20.0. The number of ether oxygens (including phenoxy) is 1. The molecule has 0 fully saturated rings. The molecule has 0 aliphatic heterocycles. The van der Waals surface area contributed by atoms with E-state index in [1.165, 1.54) is 11.3 Å². The van der Waals surface area contributed by atoms with Crippen LogP contribution in [0, 0.1) is 11.3 Å². The average molecular weight is 490 g/mol. The minimum atomic E-state index is -0.663. The molecule has 10 nitrogen and oxygen atoms in total. The number of nitrogens with one attached hydrogen (secondary N) is 2. The molecule has 2 aromatic heterocycles. The third-order valence-electron chi connectivity index (χ3n) is 4.80. The molecule has 0 aliphatic carbocycles. The molecule has 2 N–H and O–H groups in total. The lowest BCUT2D eigenvalue weighted by atomic mass is 10.0. The fourth-order valence-electron chi connectivity index (χ4n) is 3.02. The Morgan fingerprint density at radius 2 is 1.71 bits per heavy atom. The Hall–Kier alpha value is -4.69. The van der Waals surface area contributed by atoms with E-state index in [4.69, 9.17) is 14.4 Å². The number of hydrogen-bond donors (Lipinski definition) is 2. The molecule has 0 saturated heterocycles. The van der Waals surface area contributed by atoms with Crippen LogP contribution in [0.1, 0.15) is 12.0 Å². The second kappa shape index (κ2) is 11.0.